The third-order valence-corrected chi connectivity index (χ3v) is 14.7. The molecule has 3 atom stereocenters. The summed E-state index contributed by atoms with van der Waals surface area (Å²) in [7, 11) is -3.07. The number of nitrogens with one attached hydrogen (secondary N) is 3. The molecule has 3 N–H and O–H groups in total. The Bertz CT molecular complexity index is 2650. The van der Waals surface area contributed by atoms with E-state index in [0.29, 0.717) is 62.6 Å². The summed E-state index contributed by atoms with van der Waals surface area (Å²) in [5, 5.41) is 8.93. The molecule has 414 valence electrons. The molecule has 4 aliphatic heterocycles. The fourth-order valence-corrected chi connectivity index (χ4v) is 10.2. The summed E-state index contributed by atoms with van der Waals surface area (Å²) in [5.74, 6) is -2.60. The molecule has 0 aliphatic carbocycles. The van der Waals surface area contributed by atoms with E-state index >= 15 is 0 Å². The van der Waals surface area contributed by atoms with E-state index in [9.17, 15) is 41.7 Å². The Morgan fingerprint density at radius 3 is 2.47 bits per heavy atom. The number of hydrogen-bond donors (Lipinski definition) is 3. The van der Waals surface area contributed by atoms with Crippen molar-refractivity contribution in [2.24, 2.45) is 4.99 Å². The zero-order valence-corrected chi connectivity index (χ0v) is 45.9. The molecule has 0 spiro atoms. The van der Waals surface area contributed by atoms with Gasteiger partial charge in [0, 0.05) is 82.9 Å². The number of benzene rings is 1. The number of methoxy groups -OCH3 is 1. The highest BCUT2D eigenvalue weighted by atomic mass is 79.9. The maximum absolute atomic E-state index is 13.4. The maximum atomic E-state index is 13.4. The van der Waals surface area contributed by atoms with Crippen LogP contribution in [0.15, 0.2) is 80.9 Å². The Morgan fingerprint density at radius 1 is 0.961 bits per heavy atom. The predicted octanol–water partition coefficient (Wildman–Crippen LogP) is 4.54. The van der Waals surface area contributed by atoms with E-state index in [0.717, 1.165) is 45.8 Å². The number of ether oxygens (including phenoxy) is 4. The average molecular weight is 1140 g/mol. The molecular weight excluding hydrogens is 1070 g/mol. The van der Waals surface area contributed by atoms with Crippen molar-refractivity contribution >= 4 is 78.8 Å². The van der Waals surface area contributed by atoms with E-state index in [1.165, 1.54) is 12.1 Å². The third-order valence-electron chi connectivity index (χ3n) is 13.4. The molecule has 2 aromatic rings. The van der Waals surface area contributed by atoms with Gasteiger partial charge in [-0.2, -0.15) is 0 Å². The summed E-state index contributed by atoms with van der Waals surface area (Å²) in [6.45, 7) is 6.84. The lowest BCUT2D eigenvalue weighted by molar-refractivity contribution is -0.686. The number of aromatic nitrogens is 1. The Kier molecular flexibility index (Phi) is 22.9. The van der Waals surface area contributed by atoms with Gasteiger partial charge in [-0.3, -0.25) is 24.0 Å². The monoisotopic (exact) mass is 1140 g/mol. The molecule has 3 unspecified atom stereocenters. The van der Waals surface area contributed by atoms with Gasteiger partial charge in [-0.25, -0.2) is 17.8 Å². The van der Waals surface area contributed by atoms with Crippen molar-refractivity contribution in [2.45, 2.75) is 120 Å². The van der Waals surface area contributed by atoms with Crippen molar-refractivity contribution in [1.29, 1.82) is 0 Å². The topological polar surface area (TPSA) is 265 Å². The lowest BCUT2D eigenvalue weighted by Gasteiger charge is -2.23. The molecule has 1 saturated heterocycles. The first-order valence-electron chi connectivity index (χ1n) is 25.9. The van der Waals surface area contributed by atoms with E-state index < -0.39 is 51.2 Å². The SMILES string of the molecule is CCCCN1\C2=C/C=C/C=C/C3=Nc4c(cc(Br)c[n+]4CCOCCC(=O)NC(C(=O)NCCOCCC(=O)ON4C(=O)CCC4=O)CCCCNC(=O)CCOCCC2c2cc(S(=O)(=O)[O-])ccc21)C3(C)CCOC. The molecular formula is C53H70BrN7O14S. The summed E-state index contributed by atoms with van der Waals surface area (Å²) in [5.41, 5.74) is 3.79. The van der Waals surface area contributed by atoms with Crippen molar-refractivity contribution in [2.75, 3.05) is 77.9 Å². The number of pyridine rings is 1. The fourth-order valence-electron chi connectivity index (χ4n) is 9.27. The number of allylic oxidation sites excluding steroid dienone is 6. The van der Waals surface area contributed by atoms with Crippen LogP contribution in [0.3, 0.4) is 0 Å². The predicted molar refractivity (Wildman–Crippen MR) is 281 cm³/mol. The van der Waals surface area contributed by atoms with E-state index in [2.05, 4.69) is 56.7 Å². The number of amides is 5. The minimum atomic E-state index is -4.73. The molecule has 4 aliphatic rings. The number of unbranched alkanes of at least 4 members (excludes halogenated alkanes) is 1. The normalized spacial score (nSPS) is 23.1. The Balaban J connectivity index is 1.16. The van der Waals surface area contributed by atoms with E-state index in [1.54, 1.807) is 13.2 Å². The van der Waals surface area contributed by atoms with Crippen LogP contribution in [0.1, 0.15) is 108 Å². The molecule has 0 radical (unpaired) electrons. The number of hydroxylamine groups is 2. The van der Waals surface area contributed by atoms with Gasteiger partial charge in [0.1, 0.15) is 28.9 Å². The molecule has 6 rings (SSSR count). The van der Waals surface area contributed by atoms with Crippen LogP contribution >= 0.6 is 15.9 Å². The van der Waals surface area contributed by atoms with Crippen molar-refractivity contribution in [3.05, 3.63) is 82.1 Å². The number of halogens is 1. The van der Waals surface area contributed by atoms with Crippen molar-refractivity contribution in [1.82, 2.24) is 21.0 Å². The maximum Gasteiger partial charge on any atom is 0.335 e. The second-order valence-electron chi connectivity index (χ2n) is 18.9. The standard InChI is InChI=1S/C53H70BrN7O14S/c1-4-5-25-60-43-12-7-6-8-13-45-53(2,22-31-71-3)41-34-37(54)36-59(51(41)58-45)26-33-74-29-20-47(63)57-42(52(67)56-24-32-73-30-21-50(66)75-61-48(64)16-17-49(61)65)11-9-10-23-55-46(62)19-28-72-27-18-39(43)40-35-38(76(68,69)70)14-15-44(40)60/h6-8,12-15,34-36,39,42H,4-5,9-11,16-33H2,1-3H3,(H3-,55,56,57,62,63,67,68,69,70). The van der Waals surface area contributed by atoms with Crippen LogP contribution < -0.4 is 25.4 Å². The fraction of sp³-hybridized carbons (Fsp3) is 0.547. The van der Waals surface area contributed by atoms with Gasteiger partial charge in [-0.05, 0) is 108 Å². The highest BCUT2D eigenvalue weighted by Crippen LogP contribution is 2.47. The van der Waals surface area contributed by atoms with Gasteiger partial charge < -0.3 is 49.2 Å². The average Bonchev–Trinajstić information content (AvgIpc) is 3.97. The molecule has 2 bridgehead atoms. The van der Waals surface area contributed by atoms with Gasteiger partial charge in [-0.1, -0.05) is 31.6 Å². The zero-order chi connectivity index (χ0) is 54.7. The first kappa shape index (κ1) is 59.6. The summed E-state index contributed by atoms with van der Waals surface area (Å²) < 4.78 is 62.5. The van der Waals surface area contributed by atoms with Crippen molar-refractivity contribution in [3.8, 4) is 0 Å². The first-order valence-corrected chi connectivity index (χ1v) is 28.1. The summed E-state index contributed by atoms with van der Waals surface area (Å²) in [4.78, 5) is 87.0. The Hall–Kier alpha value is -5.69. The lowest BCUT2D eigenvalue weighted by atomic mass is 9.77. The largest absolute Gasteiger partial charge is 0.744 e. The zero-order valence-electron chi connectivity index (χ0n) is 43.5. The van der Waals surface area contributed by atoms with Gasteiger partial charge in [0.15, 0.2) is 5.71 Å². The molecule has 0 saturated carbocycles. The second kappa shape index (κ2) is 29.2. The quantitative estimate of drug-likeness (QED) is 0.0957. The molecule has 1 aromatic heterocycles. The van der Waals surface area contributed by atoms with Gasteiger partial charge in [0.2, 0.25) is 17.7 Å². The summed E-state index contributed by atoms with van der Waals surface area (Å²) >= 11 is 3.70. The van der Waals surface area contributed by atoms with Crippen LogP contribution in [-0.2, 0) is 74.6 Å². The van der Waals surface area contributed by atoms with E-state index in [4.69, 9.17) is 28.8 Å². The number of carbonyl (C=O) groups is 6. The number of aliphatic imine (C=N–C) groups is 1. The molecule has 21 nitrogen and oxygen atoms in total. The number of imide groups is 1. The Morgan fingerprint density at radius 2 is 1.72 bits per heavy atom. The molecule has 76 heavy (non-hydrogen) atoms. The molecule has 1 aromatic carbocycles. The number of nitrogens with zero attached hydrogens (tertiary/aromatic N) is 4. The van der Waals surface area contributed by atoms with E-state index in [1.807, 2.05) is 41.1 Å². The summed E-state index contributed by atoms with van der Waals surface area (Å²) in [6.07, 6.45) is 15.7. The second-order valence-corrected chi connectivity index (χ2v) is 21.2. The first-order chi connectivity index (χ1) is 36.5. The van der Waals surface area contributed by atoms with Crippen LogP contribution in [0.25, 0.3) is 0 Å². The van der Waals surface area contributed by atoms with Gasteiger partial charge in [0.25, 0.3) is 11.8 Å². The smallest absolute Gasteiger partial charge is 0.335 e. The minimum absolute atomic E-state index is 0.0135. The van der Waals surface area contributed by atoms with Crippen LogP contribution in [0.2, 0.25) is 0 Å². The highest BCUT2D eigenvalue weighted by Gasteiger charge is 2.46. The number of hydrogen-bond acceptors (Lipinski definition) is 16. The molecule has 5 amide bonds. The van der Waals surface area contributed by atoms with Crippen LogP contribution in [0, 0.1) is 0 Å². The Labute approximate surface area is 452 Å². The number of carbonyl (C=O) groups excluding carboxylic acids is 6. The van der Waals surface area contributed by atoms with Crippen LogP contribution in [-0.4, -0.2) is 138 Å². The van der Waals surface area contributed by atoms with E-state index in [-0.39, 0.29) is 101 Å². The third kappa shape index (κ3) is 16.7. The number of anilines is 1. The molecule has 23 heteroatoms. The number of rotatable bonds is 15. The highest BCUT2D eigenvalue weighted by molar-refractivity contribution is 9.10. The van der Waals surface area contributed by atoms with Crippen LogP contribution in [0.4, 0.5) is 11.5 Å². The molecule has 5 heterocycles. The summed E-state index contributed by atoms with van der Waals surface area (Å²) in [6, 6.07) is 5.67. The van der Waals surface area contributed by atoms with Gasteiger partial charge in [0.05, 0.1) is 59.8 Å². The van der Waals surface area contributed by atoms with Gasteiger partial charge in [-0.15, -0.1) is 5.06 Å². The number of fused-ring (bicyclic) bond motifs is 3. The van der Waals surface area contributed by atoms with Crippen molar-refractivity contribution in [3.63, 3.8) is 0 Å². The molecule has 1 fully saturated rings. The van der Waals surface area contributed by atoms with Crippen molar-refractivity contribution < 1.29 is 70.1 Å². The van der Waals surface area contributed by atoms with Gasteiger partial charge >= 0.3 is 11.8 Å². The minimum Gasteiger partial charge on any atom is -0.744 e. The lowest BCUT2D eigenvalue weighted by Crippen LogP contribution is -2.47. The van der Waals surface area contributed by atoms with Crippen LogP contribution in [0.5, 0.6) is 0 Å².